The number of rotatable bonds is 8. The van der Waals surface area contributed by atoms with Gasteiger partial charge in [0.2, 0.25) is 0 Å². The standard InChI is InChI=1S/C21H20ClFN4OS/c1-3-12-27-19(14(2)24-20(28)16-6-8-17(22)9-7-16)25-26-21(27)29-13-15-4-10-18(23)11-5-15/h3-11,14H,1,12-13H2,2H3,(H,24,28)/t14-/m0/s1. The molecule has 0 aliphatic carbocycles. The highest BCUT2D eigenvalue weighted by molar-refractivity contribution is 7.98. The Bertz CT molecular complexity index is 989. The van der Waals surface area contributed by atoms with Crippen molar-refractivity contribution in [2.75, 3.05) is 0 Å². The molecule has 0 spiro atoms. The molecule has 0 unspecified atom stereocenters. The molecule has 0 bridgehead atoms. The van der Waals surface area contributed by atoms with Gasteiger partial charge in [0.15, 0.2) is 11.0 Å². The van der Waals surface area contributed by atoms with Crippen molar-refractivity contribution in [1.29, 1.82) is 0 Å². The molecule has 5 nitrogen and oxygen atoms in total. The number of nitrogens with one attached hydrogen (secondary N) is 1. The van der Waals surface area contributed by atoms with Crippen LogP contribution in [0.25, 0.3) is 0 Å². The molecule has 0 aliphatic rings. The van der Waals surface area contributed by atoms with Crippen molar-refractivity contribution in [3.8, 4) is 0 Å². The summed E-state index contributed by atoms with van der Waals surface area (Å²) < 4.78 is 15.0. The Morgan fingerprint density at radius 2 is 1.93 bits per heavy atom. The molecule has 29 heavy (non-hydrogen) atoms. The Balaban J connectivity index is 1.72. The number of amides is 1. The number of carbonyl (C=O) groups excluding carboxylic acids is 1. The van der Waals surface area contributed by atoms with Gasteiger partial charge in [-0.3, -0.25) is 4.79 Å². The van der Waals surface area contributed by atoms with Crippen LogP contribution in [0.5, 0.6) is 0 Å². The van der Waals surface area contributed by atoms with E-state index < -0.39 is 0 Å². The lowest BCUT2D eigenvalue weighted by molar-refractivity contribution is 0.0937. The third kappa shape index (κ3) is 5.46. The van der Waals surface area contributed by atoms with Crippen molar-refractivity contribution in [1.82, 2.24) is 20.1 Å². The smallest absolute Gasteiger partial charge is 0.251 e. The van der Waals surface area contributed by atoms with Crippen molar-refractivity contribution in [2.24, 2.45) is 0 Å². The van der Waals surface area contributed by atoms with E-state index in [9.17, 15) is 9.18 Å². The van der Waals surface area contributed by atoms with E-state index in [4.69, 9.17) is 11.6 Å². The Morgan fingerprint density at radius 3 is 2.59 bits per heavy atom. The highest BCUT2D eigenvalue weighted by atomic mass is 35.5. The molecular formula is C21H20ClFN4OS. The SMILES string of the molecule is C=CCn1c(SCc2ccc(F)cc2)nnc1[C@H](C)NC(=O)c1ccc(Cl)cc1. The Kier molecular flexibility index (Phi) is 7.06. The number of aromatic nitrogens is 3. The number of hydrogen-bond acceptors (Lipinski definition) is 4. The van der Waals surface area contributed by atoms with Crippen LogP contribution in [0.4, 0.5) is 4.39 Å². The predicted octanol–water partition coefficient (Wildman–Crippen LogP) is 5.04. The van der Waals surface area contributed by atoms with Gasteiger partial charge in [-0.1, -0.05) is 41.6 Å². The molecule has 0 saturated carbocycles. The first-order valence-corrected chi connectivity index (χ1v) is 10.3. The molecule has 1 N–H and O–H groups in total. The third-order valence-corrected chi connectivity index (χ3v) is 5.47. The summed E-state index contributed by atoms with van der Waals surface area (Å²) in [6.45, 7) is 6.16. The fourth-order valence-electron chi connectivity index (χ4n) is 2.70. The van der Waals surface area contributed by atoms with E-state index in [-0.39, 0.29) is 17.8 Å². The number of carbonyl (C=O) groups is 1. The van der Waals surface area contributed by atoms with Crippen LogP contribution in [-0.4, -0.2) is 20.7 Å². The molecule has 0 aliphatic heterocycles. The van der Waals surface area contributed by atoms with Gasteiger partial charge < -0.3 is 9.88 Å². The van der Waals surface area contributed by atoms with E-state index in [0.29, 0.717) is 33.9 Å². The lowest BCUT2D eigenvalue weighted by atomic mass is 10.2. The molecule has 1 atom stereocenters. The summed E-state index contributed by atoms with van der Waals surface area (Å²) in [5.74, 6) is 0.777. The van der Waals surface area contributed by atoms with E-state index in [0.717, 1.165) is 5.56 Å². The first-order valence-electron chi connectivity index (χ1n) is 8.95. The Morgan fingerprint density at radius 1 is 1.24 bits per heavy atom. The molecule has 0 saturated heterocycles. The zero-order chi connectivity index (χ0) is 20.8. The van der Waals surface area contributed by atoms with Crippen molar-refractivity contribution in [3.63, 3.8) is 0 Å². The van der Waals surface area contributed by atoms with Crippen LogP contribution in [0.3, 0.4) is 0 Å². The van der Waals surface area contributed by atoms with Crippen molar-refractivity contribution < 1.29 is 9.18 Å². The first-order chi connectivity index (χ1) is 14.0. The van der Waals surface area contributed by atoms with Crippen LogP contribution >= 0.6 is 23.4 Å². The lowest BCUT2D eigenvalue weighted by Gasteiger charge is -2.15. The molecule has 1 heterocycles. The van der Waals surface area contributed by atoms with E-state index in [1.165, 1.54) is 23.9 Å². The number of benzene rings is 2. The second-order valence-corrected chi connectivity index (χ2v) is 7.74. The molecule has 0 fully saturated rings. The van der Waals surface area contributed by atoms with Gasteiger partial charge in [-0.15, -0.1) is 16.8 Å². The van der Waals surface area contributed by atoms with Gasteiger partial charge >= 0.3 is 0 Å². The van der Waals surface area contributed by atoms with Crippen LogP contribution in [0.1, 0.15) is 34.7 Å². The van der Waals surface area contributed by atoms with E-state index in [1.54, 1.807) is 42.5 Å². The van der Waals surface area contributed by atoms with Gasteiger partial charge in [-0.05, 0) is 48.9 Å². The van der Waals surface area contributed by atoms with Crippen molar-refractivity contribution in [2.45, 2.75) is 30.4 Å². The number of nitrogens with zero attached hydrogens (tertiary/aromatic N) is 3. The average molecular weight is 431 g/mol. The number of halogens is 2. The fourth-order valence-corrected chi connectivity index (χ4v) is 3.74. The molecule has 0 radical (unpaired) electrons. The minimum absolute atomic E-state index is 0.220. The monoisotopic (exact) mass is 430 g/mol. The van der Waals surface area contributed by atoms with Gasteiger partial charge in [0.05, 0.1) is 6.04 Å². The lowest BCUT2D eigenvalue weighted by Crippen LogP contribution is -2.28. The third-order valence-electron chi connectivity index (χ3n) is 4.18. The summed E-state index contributed by atoms with van der Waals surface area (Å²) >= 11 is 7.37. The fraction of sp³-hybridized carbons (Fsp3) is 0.190. The first kappa shape index (κ1) is 21.1. The number of allylic oxidation sites excluding steroid dienone is 1. The second kappa shape index (κ2) is 9.71. The van der Waals surface area contributed by atoms with Gasteiger partial charge in [-0.2, -0.15) is 0 Å². The van der Waals surface area contributed by atoms with E-state index in [2.05, 4.69) is 22.1 Å². The predicted molar refractivity (Wildman–Crippen MR) is 114 cm³/mol. The normalized spacial score (nSPS) is 11.8. The Labute approximate surface area is 178 Å². The van der Waals surface area contributed by atoms with Crippen LogP contribution < -0.4 is 5.32 Å². The summed E-state index contributed by atoms with van der Waals surface area (Å²) in [6.07, 6.45) is 1.75. The molecule has 8 heteroatoms. The zero-order valence-corrected chi connectivity index (χ0v) is 17.4. The maximum absolute atomic E-state index is 13.1. The van der Waals surface area contributed by atoms with Crippen molar-refractivity contribution >= 4 is 29.3 Å². The Hall–Kier alpha value is -2.64. The van der Waals surface area contributed by atoms with Gasteiger partial charge in [0, 0.05) is 22.9 Å². The van der Waals surface area contributed by atoms with E-state index >= 15 is 0 Å². The quantitative estimate of drug-likeness (QED) is 0.401. The summed E-state index contributed by atoms with van der Waals surface area (Å²) in [5, 5.41) is 12.7. The van der Waals surface area contributed by atoms with Crippen LogP contribution in [-0.2, 0) is 12.3 Å². The highest BCUT2D eigenvalue weighted by Gasteiger charge is 2.20. The van der Waals surface area contributed by atoms with Gasteiger partial charge in [-0.25, -0.2) is 4.39 Å². The minimum atomic E-state index is -0.356. The largest absolute Gasteiger partial charge is 0.342 e. The zero-order valence-electron chi connectivity index (χ0n) is 15.8. The van der Waals surface area contributed by atoms with Crippen LogP contribution in [0, 0.1) is 5.82 Å². The molecule has 2 aromatic carbocycles. The maximum atomic E-state index is 13.1. The van der Waals surface area contributed by atoms with Crippen molar-refractivity contribution in [3.05, 3.63) is 89.0 Å². The van der Waals surface area contributed by atoms with Crippen LogP contribution in [0.15, 0.2) is 66.3 Å². The summed E-state index contributed by atoms with van der Waals surface area (Å²) in [6, 6.07) is 12.7. The summed E-state index contributed by atoms with van der Waals surface area (Å²) in [4.78, 5) is 12.5. The topological polar surface area (TPSA) is 59.8 Å². The number of hydrogen-bond donors (Lipinski definition) is 1. The van der Waals surface area contributed by atoms with Gasteiger partial charge in [0.1, 0.15) is 5.82 Å². The molecule has 1 aromatic heterocycles. The highest BCUT2D eigenvalue weighted by Crippen LogP contribution is 2.24. The molecular weight excluding hydrogens is 411 g/mol. The number of thioether (sulfide) groups is 1. The molecule has 3 rings (SSSR count). The molecule has 150 valence electrons. The summed E-state index contributed by atoms with van der Waals surface area (Å²) in [7, 11) is 0. The average Bonchev–Trinajstić information content (AvgIpc) is 3.11. The molecule has 1 amide bonds. The van der Waals surface area contributed by atoms with Crippen LogP contribution in [0.2, 0.25) is 5.02 Å². The summed E-state index contributed by atoms with van der Waals surface area (Å²) in [5.41, 5.74) is 1.50. The maximum Gasteiger partial charge on any atom is 0.251 e. The minimum Gasteiger partial charge on any atom is -0.342 e. The molecule has 3 aromatic rings. The van der Waals surface area contributed by atoms with Gasteiger partial charge in [0.25, 0.3) is 5.91 Å². The van der Waals surface area contributed by atoms with E-state index in [1.807, 2.05) is 11.5 Å². The second-order valence-electron chi connectivity index (χ2n) is 6.36.